The first kappa shape index (κ1) is 8.24. The van der Waals surface area contributed by atoms with Crippen LogP contribution in [0.25, 0.3) is 0 Å². The van der Waals surface area contributed by atoms with Gasteiger partial charge in [-0.25, -0.2) is 0 Å². The maximum absolute atomic E-state index is 3.25. The van der Waals surface area contributed by atoms with Crippen LogP contribution in [0.15, 0.2) is 47.7 Å². The zero-order valence-electron chi connectivity index (χ0n) is 6.75. The maximum Gasteiger partial charge on any atom is 0.124 e. The first-order valence-corrected chi connectivity index (χ1v) is 5.20. The molecule has 0 aromatic rings. The van der Waals surface area contributed by atoms with Crippen molar-refractivity contribution in [2.24, 2.45) is 0 Å². The lowest BCUT2D eigenvalue weighted by Gasteiger charge is -1.97. The Morgan fingerprint density at radius 1 is 1.09 bits per heavy atom. The fourth-order valence-corrected chi connectivity index (χ4v) is 1.84. The van der Waals surface area contributed by atoms with E-state index in [-0.39, 0.29) is 9.68 Å². The highest BCUT2D eigenvalue weighted by atomic mass is 28.2. The van der Waals surface area contributed by atoms with Crippen LogP contribution in [-0.4, -0.2) is 16.7 Å². The van der Waals surface area contributed by atoms with Gasteiger partial charge in [-0.1, -0.05) is 47.7 Å². The van der Waals surface area contributed by atoms with E-state index in [2.05, 4.69) is 29.3 Å². The van der Waals surface area contributed by atoms with E-state index in [9.17, 15) is 0 Å². The van der Waals surface area contributed by atoms with Gasteiger partial charge < -0.3 is 4.98 Å². The Morgan fingerprint density at radius 3 is 2.64 bits per heavy atom. The topological polar surface area (TPSA) is 12.0 Å². The molecule has 1 rings (SSSR count). The summed E-state index contributed by atoms with van der Waals surface area (Å²) in [7, 11) is 1.79. The van der Waals surface area contributed by atoms with Crippen LogP contribution in [0, 0.1) is 0 Å². The van der Waals surface area contributed by atoms with Crippen molar-refractivity contribution in [2.75, 3.05) is 7.05 Å². The van der Waals surface area contributed by atoms with Crippen molar-refractivity contribution in [1.82, 2.24) is 4.98 Å². The van der Waals surface area contributed by atoms with E-state index >= 15 is 0 Å². The van der Waals surface area contributed by atoms with Gasteiger partial charge in [0.05, 0.1) is 0 Å². The Bertz CT molecular complexity index is 224. The molecule has 1 nitrogen and oxygen atoms in total. The summed E-state index contributed by atoms with van der Waals surface area (Å²) in [4.78, 5) is 3.25. The summed E-state index contributed by atoms with van der Waals surface area (Å²) in [6.45, 7) is 0. The predicted octanol–water partition coefficient (Wildman–Crippen LogP) is 0.856. The third kappa shape index (κ3) is 3.16. The van der Waals surface area contributed by atoms with Crippen LogP contribution in [0.2, 0.25) is 0 Å². The van der Waals surface area contributed by atoms with Gasteiger partial charge in [-0.2, -0.15) is 0 Å². The molecule has 0 aromatic carbocycles. The molecule has 0 saturated heterocycles. The molecule has 0 bridgehead atoms. The lowest BCUT2D eigenvalue weighted by molar-refractivity contribution is 1.25. The van der Waals surface area contributed by atoms with Crippen LogP contribution >= 0.6 is 0 Å². The van der Waals surface area contributed by atoms with Gasteiger partial charge in [0.1, 0.15) is 9.68 Å². The fraction of sp³-hybridized carbons (Fsp3) is 0.111. The van der Waals surface area contributed by atoms with Crippen molar-refractivity contribution >= 4 is 9.68 Å². The van der Waals surface area contributed by atoms with Crippen LogP contribution in [0.1, 0.15) is 0 Å². The normalized spacial score (nSPS) is 17.0. The molecule has 58 valence electrons. The second kappa shape index (κ2) is 4.88. The van der Waals surface area contributed by atoms with E-state index < -0.39 is 0 Å². The Hall–Kier alpha value is -0.863. The molecule has 0 atom stereocenters. The van der Waals surface area contributed by atoms with Crippen LogP contribution in [-0.2, 0) is 0 Å². The molecule has 0 aromatic heterocycles. The SMILES string of the molecule is CN[SiH2]C1=CC=CC=CC=C1. The van der Waals surface area contributed by atoms with Gasteiger partial charge in [-0.05, 0) is 7.05 Å². The third-order valence-electron chi connectivity index (χ3n) is 1.45. The minimum atomic E-state index is -0.223. The number of nitrogens with one attached hydrogen (secondary N) is 1. The van der Waals surface area contributed by atoms with Gasteiger partial charge in [0.2, 0.25) is 0 Å². The molecule has 0 amide bonds. The first-order valence-electron chi connectivity index (χ1n) is 3.78. The molecule has 1 N–H and O–H groups in total. The molecule has 1 aliphatic carbocycles. The average molecular weight is 163 g/mol. The lowest BCUT2D eigenvalue weighted by atomic mass is 10.3. The number of rotatable bonds is 2. The van der Waals surface area contributed by atoms with Gasteiger partial charge in [0.25, 0.3) is 0 Å². The zero-order chi connectivity index (χ0) is 7.94. The summed E-state index contributed by atoms with van der Waals surface area (Å²) >= 11 is 0. The van der Waals surface area contributed by atoms with Crippen LogP contribution < -0.4 is 4.98 Å². The molecule has 0 radical (unpaired) electrons. The summed E-state index contributed by atoms with van der Waals surface area (Å²) in [5.41, 5.74) is 0. The van der Waals surface area contributed by atoms with E-state index in [4.69, 9.17) is 0 Å². The van der Waals surface area contributed by atoms with Gasteiger partial charge >= 0.3 is 0 Å². The van der Waals surface area contributed by atoms with Crippen molar-refractivity contribution < 1.29 is 0 Å². The fourth-order valence-electron chi connectivity index (χ4n) is 0.928. The molecular formula is C9H13NSi. The second-order valence-corrected chi connectivity index (χ2v) is 4.28. The van der Waals surface area contributed by atoms with Gasteiger partial charge in [0.15, 0.2) is 0 Å². The number of allylic oxidation sites excluding steroid dienone is 8. The molecular weight excluding hydrogens is 150 g/mol. The van der Waals surface area contributed by atoms with E-state index in [1.165, 1.54) is 5.20 Å². The highest BCUT2D eigenvalue weighted by molar-refractivity contribution is 6.43. The molecule has 2 heteroatoms. The molecule has 0 unspecified atom stereocenters. The standard InChI is InChI=1S/C9H13NSi/c1-10-11-9-7-5-3-2-4-6-8-9/h2-8,10H,11H2,1H3. The molecule has 11 heavy (non-hydrogen) atoms. The van der Waals surface area contributed by atoms with Crippen molar-refractivity contribution in [3.63, 3.8) is 0 Å². The zero-order valence-corrected chi connectivity index (χ0v) is 8.16. The molecule has 0 heterocycles. The summed E-state index contributed by atoms with van der Waals surface area (Å²) in [6, 6.07) is 0. The van der Waals surface area contributed by atoms with Crippen LogP contribution in [0.4, 0.5) is 0 Å². The smallest absolute Gasteiger partial charge is 0.124 e. The van der Waals surface area contributed by atoms with Crippen LogP contribution in [0.3, 0.4) is 0 Å². The average Bonchev–Trinajstić information content (AvgIpc) is 1.94. The van der Waals surface area contributed by atoms with Gasteiger partial charge in [-0.3, -0.25) is 0 Å². The molecule has 0 saturated carbocycles. The van der Waals surface area contributed by atoms with E-state index in [0.717, 1.165) is 0 Å². The van der Waals surface area contributed by atoms with Gasteiger partial charge in [-0.15, -0.1) is 0 Å². The Kier molecular flexibility index (Phi) is 3.65. The molecule has 1 aliphatic rings. The number of hydrogen-bond acceptors (Lipinski definition) is 1. The second-order valence-electron chi connectivity index (χ2n) is 2.40. The highest BCUT2D eigenvalue weighted by Crippen LogP contribution is 1.97. The third-order valence-corrected chi connectivity index (χ3v) is 2.68. The largest absolute Gasteiger partial charge is 0.341 e. The van der Waals surface area contributed by atoms with Gasteiger partial charge in [0, 0.05) is 0 Å². The minimum Gasteiger partial charge on any atom is -0.341 e. The summed E-state index contributed by atoms with van der Waals surface area (Å²) in [5, 5.41) is 1.44. The van der Waals surface area contributed by atoms with Crippen molar-refractivity contribution in [3.8, 4) is 0 Å². The monoisotopic (exact) mass is 163 g/mol. The minimum absolute atomic E-state index is 0.223. The Balaban J connectivity index is 2.62. The highest BCUT2D eigenvalue weighted by Gasteiger charge is 1.88. The molecule has 0 aliphatic heterocycles. The summed E-state index contributed by atoms with van der Waals surface area (Å²) < 4.78 is 0. The maximum atomic E-state index is 3.25. The van der Waals surface area contributed by atoms with E-state index in [0.29, 0.717) is 0 Å². The molecule has 0 spiro atoms. The Labute approximate surface area is 70.1 Å². The molecule has 0 fully saturated rings. The summed E-state index contributed by atoms with van der Waals surface area (Å²) in [5.74, 6) is 0. The summed E-state index contributed by atoms with van der Waals surface area (Å²) in [6.07, 6.45) is 14.6. The van der Waals surface area contributed by atoms with E-state index in [1.807, 2.05) is 25.3 Å². The van der Waals surface area contributed by atoms with Crippen LogP contribution in [0.5, 0.6) is 0 Å². The van der Waals surface area contributed by atoms with Crippen molar-refractivity contribution in [3.05, 3.63) is 47.7 Å². The lowest BCUT2D eigenvalue weighted by Crippen LogP contribution is -2.14. The Morgan fingerprint density at radius 2 is 1.82 bits per heavy atom. The van der Waals surface area contributed by atoms with Crippen molar-refractivity contribution in [2.45, 2.75) is 0 Å². The predicted molar refractivity (Wildman–Crippen MR) is 53.1 cm³/mol. The van der Waals surface area contributed by atoms with E-state index in [1.54, 1.807) is 0 Å². The number of hydrogen-bond donors (Lipinski definition) is 1. The van der Waals surface area contributed by atoms with Crippen molar-refractivity contribution in [1.29, 1.82) is 0 Å². The first-order chi connectivity index (χ1) is 5.43. The quantitative estimate of drug-likeness (QED) is 0.595.